The van der Waals surface area contributed by atoms with Crippen molar-refractivity contribution in [2.45, 2.75) is 46.3 Å². The Morgan fingerprint density at radius 3 is 2.25 bits per heavy atom. The Balaban J connectivity index is 2.25. The summed E-state index contributed by atoms with van der Waals surface area (Å²) in [4.78, 5) is 12.0. The minimum Gasteiger partial charge on any atom is -0.479 e. The van der Waals surface area contributed by atoms with E-state index in [9.17, 15) is 9.90 Å². The molecule has 0 amide bonds. The minimum atomic E-state index is -1.02. The number of fused-ring (bicyclic) bond motifs is 1. The fourth-order valence-corrected chi connectivity index (χ4v) is 3.57. The van der Waals surface area contributed by atoms with Crippen LogP contribution in [0.2, 0.25) is 5.02 Å². The average molecular weight is 397 g/mol. The normalized spacial score (nSPS) is 12.9. The quantitative estimate of drug-likeness (QED) is 0.532. The second-order valence-corrected chi connectivity index (χ2v) is 8.63. The molecule has 3 aromatic carbocycles. The van der Waals surface area contributed by atoms with E-state index in [1.54, 1.807) is 0 Å². The van der Waals surface area contributed by atoms with E-state index < -0.39 is 17.7 Å². The van der Waals surface area contributed by atoms with Crippen LogP contribution in [-0.4, -0.2) is 16.7 Å². The van der Waals surface area contributed by atoms with Crippen molar-refractivity contribution in [3.8, 4) is 11.1 Å². The summed E-state index contributed by atoms with van der Waals surface area (Å²) < 4.78 is 5.88. The number of aryl methyl sites for hydroxylation is 2. The van der Waals surface area contributed by atoms with Gasteiger partial charge in [-0.2, -0.15) is 0 Å². The van der Waals surface area contributed by atoms with Crippen LogP contribution in [0.5, 0.6) is 0 Å². The lowest BCUT2D eigenvalue weighted by molar-refractivity contribution is -0.160. The molecule has 1 N–H and O–H groups in total. The van der Waals surface area contributed by atoms with Crippen LogP contribution in [0.25, 0.3) is 21.9 Å². The molecule has 0 heterocycles. The number of halogens is 1. The molecule has 0 fully saturated rings. The van der Waals surface area contributed by atoms with Crippen molar-refractivity contribution in [1.29, 1.82) is 0 Å². The number of aliphatic carboxylic acids is 1. The second kappa shape index (κ2) is 7.57. The summed E-state index contributed by atoms with van der Waals surface area (Å²) in [6.07, 6.45) is -1.02. The van der Waals surface area contributed by atoms with E-state index in [1.165, 1.54) is 0 Å². The summed E-state index contributed by atoms with van der Waals surface area (Å²) in [6, 6.07) is 15.9. The maximum atomic E-state index is 12.0. The largest absolute Gasteiger partial charge is 0.479 e. The average Bonchev–Trinajstić information content (AvgIpc) is 2.58. The van der Waals surface area contributed by atoms with E-state index in [-0.39, 0.29) is 0 Å². The summed E-state index contributed by atoms with van der Waals surface area (Å²) in [5.74, 6) is -0.988. The first-order chi connectivity index (χ1) is 13.0. The number of ether oxygens (including phenoxy) is 1. The van der Waals surface area contributed by atoms with Crippen molar-refractivity contribution in [3.05, 3.63) is 70.2 Å². The number of carboxylic acid groups (broad SMARTS) is 1. The zero-order valence-corrected chi connectivity index (χ0v) is 17.6. The summed E-state index contributed by atoms with van der Waals surface area (Å²) in [6.45, 7) is 9.58. The number of benzene rings is 3. The van der Waals surface area contributed by atoms with Crippen LogP contribution in [0, 0.1) is 13.8 Å². The third-order valence-corrected chi connectivity index (χ3v) is 4.87. The van der Waals surface area contributed by atoms with Gasteiger partial charge in [0.2, 0.25) is 0 Å². The molecule has 0 radical (unpaired) electrons. The van der Waals surface area contributed by atoms with Gasteiger partial charge < -0.3 is 9.84 Å². The predicted octanol–water partition coefficient (Wildman–Crippen LogP) is 6.72. The van der Waals surface area contributed by atoms with Gasteiger partial charge in [-0.25, -0.2) is 4.79 Å². The van der Waals surface area contributed by atoms with Crippen LogP contribution in [0.4, 0.5) is 0 Å². The molecule has 0 spiro atoms. The van der Waals surface area contributed by atoms with E-state index in [1.807, 2.05) is 64.1 Å². The maximum Gasteiger partial charge on any atom is 0.337 e. The Bertz CT molecular complexity index is 1030. The monoisotopic (exact) mass is 396 g/mol. The second-order valence-electron chi connectivity index (χ2n) is 8.20. The molecule has 4 heteroatoms. The molecule has 0 bridgehead atoms. The standard InChI is InChI=1S/C24H25ClO3/c1-14-10-17-12-15(2)19(22(23(26)27)28-24(3,4)5)13-21(17)20(11-14)16-6-8-18(25)9-7-16/h6-13,22H,1-5H3,(H,26,27)/t22-/m0/s1. The highest BCUT2D eigenvalue weighted by Crippen LogP contribution is 2.36. The lowest BCUT2D eigenvalue weighted by Gasteiger charge is -2.26. The van der Waals surface area contributed by atoms with E-state index in [0.717, 1.165) is 33.0 Å². The van der Waals surface area contributed by atoms with Crippen molar-refractivity contribution >= 4 is 28.3 Å². The highest BCUT2D eigenvalue weighted by molar-refractivity contribution is 6.30. The molecule has 0 aliphatic rings. The number of hydrogen-bond donors (Lipinski definition) is 1. The molecular formula is C24H25ClO3. The molecule has 3 rings (SSSR count). The first-order valence-electron chi connectivity index (χ1n) is 9.26. The fraction of sp³-hybridized carbons (Fsp3) is 0.292. The van der Waals surface area contributed by atoms with E-state index >= 15 is 0 Å². The van der Waals surface area contributed by atoms with E-state index in [4.69, 9.17) is 16.3 Å². The van der Waals surface area contributed by atoms with Crippen LogP contribution >= 0.6 is 11.6 Å². The first-order valence-corrected chi connectivity index (χ1v) is 9.64. The molecule has 0 saturated carbocycles. The lowest BCUT2D eigenvalue weighted by Crippen LogP contribution is -2.27. The van der Waals surface area contributed by atoms with Gasteiger partial charge in [0.25, 0.3) is 0 Å². The molecule has 0 aliphatic carbocycles. The Morgan fingerprint density at radius 1 is 1.04 bits per heavy atom. The molecule has 0 saturated heterocycles. The Morgan fingerprint density at radius 2 is 1.68 bits per heavy atom. The van der Waals surface area contributed by atoms with Crippen molar-refractivity contribution in [3.63, 3.8) is 0 Å². The van der Waals surface area contributed by atoms with Crippen LogP contribution in [0.15, 0.2) is 48.5 Å². The molecule has 3 aromatic rings. The lowest BCUT2D eigenvalue weighted by atomic mass is 9.91. The maximum absolute atomic E-state index is 12.0. The molecule has 28 heavy (non-hydrogen) atoms. The van der Waals surface area contributed by atoms with Crippen LogP contribution in [0.1, 0.15) is 43.6 Å². The third kappa shape index (κ3) is 4.37. The van der Waals surface area contributed by atoms with Gasteiger partial charge in [-0.3, -0.25) is 0 Å². The predicted molar refractivity (Wildman–Crippen MR) is 115 cm³/mol. The van der Waals surface area contributed by atoms with Gasteiger partial charge in [-0.1, -0.05) is 41.9 Å². The van der Waals surface area contributed by atoms with Crippen molar-refractivity contribution in [2.75, 3.05) is 0 Å². The van der Waals surface area contributed by atoms with Crippen molar-refractivity contribution in [2.24, 2.45) is 0 Å². The summed E-state index contributed by atoms with van der Waals surface area (Å²) >= 11 is 6.05. The Hall–Kier alpha value is -2.36. The van der Waals surface area contributed by atoms with Crippen LogP contribution in [-0.2, 0) is 9.53 Å². The number of rotatable bonds is 4. The first kappa shape index (κ1) is 20.4. The van der Waals surface area contributed by atoms with Gasteiger partial charge >= 0.3 is 5.97 Å². The smallest absolute Gasteiger partial charge is 0.337 e. The van der Waals surface area contributed by atoms with Crippen LogP contribution in [0.3, 0.4) is 0 Å². The molecule has 0 aromatic heterocycles. The highest BCUT2D eigenvalue weighted by Gasteiger charge is 2.28. The van der Waals surface area contributed by atoms with Gasteiger partial charge in [0.05, 0.1) is 5.60 Å². The van der Waals surface area contributed by atoms with Gasteiger partial charge in [0.1, 0.15) is 0 Å². The number of carboxylic acids is 1. The molecule has 0 aliphatic heterocycles. The minimum absolute atomic E-state index is 0.573. The molecule has 1 atom stereocenters. The van der Waals surface area contributed by atoms with Crippen LogP contribution < -0.4 is 0 Å². The number of carbonyl (C=O) groups is 1. The Labute approximate surface area is 170 Å². The highest BCUT2D eigenvalue weighted by atomic mass is 35.5. The zero-order valence-electron chi connectivity index (χ0n) is 16.8. The van der Waals surface area contributed by atoms with E-state index in [2.05, 4.69) is 19.1 Å². The zero-order chi connectivity index (χ0) is 20.6. The topological polar surface area (TPSA) is 46.5 Å². The fourth-order valence-electron chi connectivity index (χ4n) is 3.44. The Kier molecular flexibility index (Phi) is 5.51. The third-order valence-electron chi connectivity index (χ3n) is 4.62. The van der Waals surface area contributed by atoms with Gasteiger partial charge in [0, 0.05) is 5.02 Å². The molecule has 3 nitrogen and oxygen atoms in total. The summed E-state index contributed by atoms with van der Waals surface area (Å²) in [7, 11) is 0. The molecule has 146 valence electrons. The molecular weight excluding hydrogens is 372 g/mol. The SMILES string of the molecule is Cc1cc(-c2ccc(Cl)cc2)c2cc([C@H](OC(C)(C)C)C(=O)O)c(C)cc2c1. The summed E-state index contributed by atoms with van der Waals surface area (Å²) in [5, 5.41) is 12.6. The van der Waals surface area contributed by atoms with Gasteiger partial charge in [-0.15, -0.1) is 0 Å². The summed E-state index contributed by atoms with van der Waals surface area (Å²) in [5.41, 5.74) is 4.23. The van der Waals surface area contributed by atoms with Gasteiger partial charge in [-0.05, 0) is 91.4 Å². The van der Waals surface area contributed by atoms with E-state index in [0.29, 0.717) is 10.6 Å². The molecule has 0 unspecified atom stereocenters. The van der Waals surface area contributed by atoms with Crippen molar-refractivity contribution in [1.82, 2.24) is 0 Å². The number of hydrogen-bond acceptors (Lipinski definition) is 2. The van der Waals surface area contributed by atoms with Crippen molar-refractivity contribution < 1.29 is 14.6 Å². The van der Waals surface area contributed by atoms with Gasteiger partial charge in [0.15, 0.2) is 6.10 Å².